The lowest BCUT2D eigenvalue weighted by molar-refractivity contribution is 0.0747. The van der Waals surface area contributed by atoms with Gasteiger partial charge in [-0.25, -0.2) is 8.42 Å². The molecule has 0 N–H and O–H groups in total. The maximum absolute atomic E-state index is 12.2. The van der Waals surface area contributed by atoms with Gasteiger partial charge < -0.3 is 9.64 Å². The van der Waals surface area contributed by atoms with Crippen LogP contribution in [0, 0.1) is 0 Å². The zero-order chi connectivity index (χ0) is 14.0. The number of amides is 1. The van der Waals surface area contributed by atoms with E-state index in [1.54, 1.807) is 38.4 Å². The summed E-state index contributed by atoms with van der Waals surface area (Å²) in [6, 6.07) is 6.57. The standard InChI is InChI=1S/C13H17NO4S/c1-14(11-7-8-19(16,17)9-11)13(15)10-3-5-12(18-2)6-4-10/h3-6,11H,7-9H2,1-2H3/t11-/m1/s1. The monoisotopic (exact) mass is 283 g/mol. The first-order valence-electron chi connectivity index (χ1n) is 6.04. The number of carbonyl (C=O) groups excluding carboxylic acids is 1. The van der Waals surface area contributed by atoms with Crippen LogP contribution in [-0.4, -0.2) is 50.9 Å². The molecule has 0 aromatic heterocycles. The van der Waals surface area contributed by atoms with Crippen molar-refractivity contribution in [2.24, 2.45) is 0 Å². The molecule has 0 unspecified atom stereocenters. The Labute approximate surface area is 113 Å². The molecule has 19 heavy (non-hydrogen) atoms. The summed E-state index contributed by atoms with van der Waals surface area (Å²) < 4.78 is 27.9. The summed E-state index contributed by atoms with van der Waals surface area (Å²) in [4.78, 5) is 13.8. The first-order chi connectivity index (χ1) is 8.93. The van der Waals surface area contributed by atoms with Crippen LogP contribution in [0.4, 0.5) is 0 Å². The number of ether oxygens (including phenoxy) is 1. The van der Waals surface area contributed by atoms with Crippen LogP contribution in [0.2, 0.25) is 0 Å². The molecule has 2 rings (SSSR count). The molecular formula is C13H17NO4S. The van der Waals surface area contributed by atoms with E-state index in [0.29, 0.717) is 17.7 Å². The van der Waals surface area contributed by atoms with Crippen molar-refractivity contribution in [1.29, 1.82) is 0 Å². The van der Waals surface area contributed by atoms with Gasteiger partial charge in [0.05, 0.1) is 18.6 Å². The molecule has 0 aliphatic carbocycles. The molecule has 6 heteroatoms. The van der Waals surface area contributed by atoms with Crippen molar-refractivity contribution < 1.29 is 17.9 Å². The van der Waals surface area contributed by atoms with Gasteiger partial charge in [-0.1, -0.05) is 0 Å². The number of rotatable bonds is 3. The van der Waals surface area contributed by atoms with E-state index in [9.17, 15) is 13.2 Å². The second-order valence-corrected chi connectivity index (χ2v) is 6.93. The van der Waals surface area contributed by atoms with Gasteiger partial charge in [0.15, 0.2) is 9.84 Å². The Kier molecular flexibility index (Phi) is 3.80. The number of hydrogen-bond donors (Lipinski definition) is 0. The Bertz CT molecular complexity index is 565. The molecule has 1 atom stereocenters. The second kappa shape index (κ2) is 5.21. The molecule has 1 amide bonds. The van der Waals surface area contributed by atoms with Crippen molar-refractivity contribution >= 4 is 15.7 Å². The van der Waals surface area contributed by atoms with Gasteiger partial charge in [0.25, 0.3) is 5.91 Å². The summed E-state index contributed by atoms with van der Waals surface area (Å²) in [6.07, 6.45) is 0.515. The Balaban J connectivity index is 2.10. The fourth-order valence-corrected chi connectivity index (χ4v) is 3.96. The van der Waals surface area contributed by atoms with Crippen molar-refractivity contribution in [2.45, 2.75) is 12.5 Å². The van der Waals surface area contributed by atoms with Crippen LogP contribution in [0.1, 0.15) is 16.8 Å². The lowest BCUT2D eigenvalue weighted by atomic mass is 10.1. The minimum atomic E-state index is -2.98. The highest BCUT2D eigenvalue weighted by atomic mass is 32.2. The molecule has 1 aliphatic heterocycles. The predicted molar refractivity (Wildman–Crippen MR) is 72.1 cm³/mol. The molecule has 0 radical (unpaired) electrons. The third-order valence-electron chi connectivity index (χ3n) is 3.41. The number of methoxy groups -OCH3 is 1. The second-order valence-electron chi connectivity index (χ2n) is 4.70. The quantitative estimate of drug-likeness (QED) is 0.828. The molecule has 1 aromatic rings. The zero-order valence-electron chi connectivity index (χ0n) is 11.0. The molecule has 1 fully saturated rings. The first-order valence-corrected chi connectivity index (χ1v) is 7.87. The summed E-state index contributed by atoms with van der Waals surface area (Å²) >= 11 is 0. The van der Waals surface area contributed by atoms with Gasteiger partial charge in [-0.3, -0.25) is 4.79 Å². The Morgan fingerprint density at radius 1 is 1.32 bits per heavy atom. The molecule has 104 valence electrons. The van der Waals surface area contributed by atoms with Gasteiger partial charge in [0.1, 0.15) is 5.75 Å². The van der Waals surface area contributed by atoms with Crippen LogP contribution in [0.3, 0.4) is 0 Å². The van der Waals surface area contributed by atoms with E-state index < -0.39 is 9.84 Å². The maximum atomic E-state index is 12.2. The van der Waals surface area contributed by atoms with E-state index in [1.165, 1.54) is 4.90 Å². The van der Waals surface area contributed by atoms with E-state index >= 15 is 0 Å². The maximum Gasteiger partial charge on any atom is 0.253 e. The van der Waals surface area contributed by atoms with E-state index in [4.69, 9.17) is 4.74 Å². The van der Waals surface area contributed by atoms with Gasteiger partial charge in [0, 0.05) is 18.7 Å². The molecule has 1 heterocycles. The molecule has 1 saturated heterocycles. The van der Waals surface area contributed by atoms with Crippen molar-refractivity contribution in [3.05, 3.63) is 29.8 Å². The average molecular weight is 283 g/mol. The molecule has 0 spiro atoms. The topological polar surface area (TPSA) is 63.7 Å². The van der Waals surface area contributed by atoms with Crippen molar-refractivity contribution in [1.82, 2.24) is 4.90 Å². The number of carbonyl (C=O) groups is 1. The highest BCUT2D eigenvalue weighted by molar-refractivity contribution is 7.91. The summed E-state index contributed by atoms with van der Waals surface area (Å²) in [5.41, 5.74) is 0.535. The van der Waals surface area contributed by atoms with Crippen LogP contribution in [0.15, 0.2) is 24.3 Å². The smallest absolute Gasteiger partial charge is 0.253 e. The zero-order valence-corrected chi connectivity index (χ0v) is 11.8. The van der Waals surface area contributed by atoms with Crippen LogP contribution in [0.5, 0.6) is 5.75 Å². The van der Waals surface area contributed by atoms with Gasteiger partial charge >= 0.3 is 0 Å². The van der Waals surface area contributed by atoms with Crippen molar-refractivity contribution in [3.63, 3.8) is 0 Å². The summed E-state index contributed by atoms with van der Waals surface area (Å²) in [6.45, 7) is 0. The molecule has 0 saturated carbocycles. The Morgan fingerprint density at radius 2 is 1.95 bits per heavy atom. The van der Waals surface area contributed by atoms with E-state index in [1.807, 2.05) is 0 Å². The summed E-state index contributed by atoms with van der Waals surface area (Å²) in [5, 5.41) is 0. The highest BCUT2D eigenvalue weighted by Gasteiger charge is 2.32. The van der Waals surface area contributed by atoms with Crippen LogP contribution in [-0.2, 0) is 9.84 Å². The van der Waals surface area contributed by atoms with Crippen LogP contribution in [0.25, 0.3) is 0 Å². The molecule has 1 aliphatic rings. The fourth-order valence-electron chi connectivity index (χ4n) is 2.18. The lowest BCUT2D eigenvalue weighted by Gasteiger charge is -2.23. The lowest BCUT2D eigenvalue weighted by Crippen LogP contribution is -2.37. The number of sulfone groups is 1. The molecule has 5 nitrogen and oxygen atoms in total. The van der Waals surface area contributed by atoms with E-state index in [-0.39, 0.29) is 23.5 Å². The first kappa shape index (κ1) is 13.9. The third-order valence-corrected chi connectivity index (χ3v) is 5.16. The molecular weight excluding hydrogens is 266 g/mol. The van der Waals surface area contributed by atoms with E-state index in [0.717, 1.165) is 0 Å². The summed E-state index contributed by atoms with van der Waals surface area (Å²) in [7, 11) is 0.232. The Hall–Kier alpha value is -1.56. The normalized spacial score (nSPS) is 21.1. The minimum Gasteiger partial charge on any atom is -0.497 e. The minimum absolute atomic E-state index is 0.0609. The molecule has 1 aromatic carbocycles. The van der Waals surface area contributed by atoms with Gasteiger partial charge in [-0.05, 0) is 30.7 Å². The summed E-state index contributed by atoms with van der Waals surface area (Å²) in [5.74, 6) is 0.746. The van der Waals surface area contributed by atoms with E-state index in [2.05, 4.69) is 0 Å². The fraction of sp³-hybridized carbons (Fsp3) is 0.462. The largest absolute Gasteiger partial charge is 0.497 e. The Morgan fingerprint density at radius 3 is 2.42 bits per heavy atom. The van der Waals surface area contributed by atoms with Gasteiger partial charge in [0.2, 0.25) is 0 Å². The number of nitrogens with zero attached hydrogens (tertiary/aromatic N) is 1. The number of hydrogen-bond acceptors (Lipinski definition) is 4. The SMILES string of the molecule is COc1ccc(C(=O)N(C)[C@@H]2CCS(=O)(=O)C2)cc1. The third kappa shape index (κ3) is 3.07. The van der Waals surface area contributed by atoms with Gasteiger partial charge in [-0.15, -0.1) is 0 Å². The van der Waals surface area contributed by atoms with Crippen LogP contribution >= 0.6 is 0 Å². The van der Waals surface area contributed by atoms with Crippen molar-refractivity contribution in [3.8, 4) is 5.75 Å². The highest BCUT2D eigenvalue weighted by Crippen LogP contribution is 2.19. The number of benzene rings is 1. The average Bonchev–Trinajstić information content (AvgIpc) is 2.77. The predicted octanol–water partition coefficient (Wildman–Crippen LogP) is 0.954. The van der Waals surface area contributed by atoms with Crippen LogP contribution < -0.4 is 4.74 Å². The molecule has 0 bridgehead atoms. The van der Waals surface area contributed by atoms with Crippen molar-refractivity contribution in [2.75, 3.05) is 25.7 Å². The van der Waals surface area contributed by atoms with Gasteiger partial charge in [-0.2, -0.15) is 0 Å².